The van der Waals surface area contributed by atoms with E-state index in [9.17, 15) is 4.79 Å². The zero-order valence-electron chi connectivity index (χ0n) is 10.2. The minimum absolute atomic E-state index is 0.0545. The molecule has 1 atom stereocenters. The second-order valence-electron chi connectivity index (χ2n) is 4.54. The van der Waals surface area contributed by atoms with Gasteiger partial charge in [-0.25, -0.2) is 4.98 Å². The molecule has 1 aromatic heterocycles. The van der Waals surface area contributed by atoms with E-state index >= 15 is 0 Å². The normalized spacial score (nSPS) is 19.4. The number of nitriles is 1. The van der Waals surface area contributed by atoms with Gasteiger partial charge in [0.05, 0.1) is 12.0 Å². The van der Waals surface area contributed by atoms with E-state index in [0.29, 0.717) is 23.8 Å². The van der Waals surface area contributed by atoms with Crippen molar-refractivity contribution < 1.29 is 4.79 Å². The number of aryl methyl sites for hydroxylation is 1. The predicted octanol–water partition coefficient (Wildman–Crippen LogP) is 2.42. The van der Waals surface area contributed by atoms with Crippen molar-refractivity contribution in [3.63, 3.8) is 0 Å². The number of aromatic nitrogens is 1. The van der Waals surface area contributed by atoms with E-state index in [0.717, 1.165) is 18.5 Å². The molecule has 0 aliphatic carbocycles. The van der Waals surface area contributed by atoms with E-state index in [1.165, 1.54) is 0 Å². The molecule has 0 bridgehead atoms. The first-order valence-corrected chi connectivity index (χ1v) is 6.31. The molecule has 1 saturated heterocycles. The highest BCUT2D eigenvalue weighted by molar-refractivity contribution is 6.29. The van der Waals surface area contributed by atoms with Gasteiger partial charge >= 0.3 is 0 Å². The van der Waals surface area contributed by atoms with Crippen molar-refractivity contribution in [3.05, 3.63) is 28.5 Å². The first-order valence-electron chi connectivity index (χ1n) is 5.93. The summed E-state index contributed by atoms with van der Waals surface area (Å²) < 4.78 is 0. The van der Waals surface area contributed by atoms with Crippen molar-refractivity contribution in [2.45, 2.75) is 19.8 Å². The summed E-state index contributed by atoms with van der Waals surface area (Å²) >= 11 is 5.85. The Morgan fingerprint density at radius 1 is 1.61 bits per heavy atom. The molecular formula is C13H14ClN3O. The molecule has 1 fully saturated rings. The topological polar surface area (TPSA) is 57.0 Å². The van der Waals surface area contributed by atoms with E-state index < -0.39 is 0 Å². The lowest BCUT2D eigenvalue weighted by Gasteiger charge is -2.29. The highest BCUT2D eigenvalue weighted by Crippen LogP contribution is 2.19. The van der Waals surface area contributed by atoms with Gasteiger partial charge in [0.25, 0.3) is 5.91 Å². The number of hydrogen-bond donors (Lipinski definition) is 0. The van der Waals surface area contributed by atoms with Gasteiger partial charge in [-0.15, -0.1) is 0 Å². The summed E-state index contributed by atoms with van der Waals surface area (Å²) in [4.78, 5) is 18.1. The lowest BCUT2D eigenvalue weighted by molar-refractivity contribution is 0.0698. The van der Waals surface area contributed by atoms with Crippen LogP contribution in [0.25, 0.3) is 0 Å². The average Bonchev–Trinajstić information content (AvgIpc) is 2.37. The first-order chi connectivity index (χ1) is 8.60. The van der Waals surface area contributed by atoms with Gasteiger partial charge in [-0.1, -0.05) is 11.6 Å². The maximum Gasteiger partial charge on any atom is 0.254 e. The molecule has 18 heavy (non-hydrogen) atoms. The predicted molar refractivity (Wildman–Crippen MR) is 68.2 cm³/mol. The SMILES string of the molecule is Cc1cc(C(=O)N2CCCC(C#N)C2)cc(Cl)n1. The maximum atomic E-state index is 12.3. The molecule has 1 aromatic rings. The quantitative estimate of drug-likeness (QED) is 0.731. The Hall–Kier alpha value is -1.60. The number of amides is 1. The number of piperidine rings is 1. The minimum atomic E-state index is -0.0673. The standard InChI is InChI=1S/C13H14ClN3O/c1-9-5-11(6-12(14)16-9)13(18)17-4-2-3-10(7-15)8-17/h5-6,10H,2-4,8H2,1H3. The molecule has 94 valence electrons. The summed E-state index contributed by atoms with van der Waals surface area (Å²) in [6.07, 6.45) is 1.75. The lowest BCUT2D eigenvalue weighted by Crippen LogP contribution is -2.39. The molecule has 0 spiro atoms. The number of rotatable bonds is 1. The Morgan fingerprint density at radius 3 is 3.06 bits per heavy atom. The highest BCUT2D eigenvalue weighted by Gasteiger charge is 2.24. The van der Waals surface area contributed by atoms with Crippen LogP contribution in [0.3, 0.4) is 0 Å². The van der Waals surface area contributed by atoms with Crippen molar-refractivity contribution in [1.29, 1.82) is 5.26 Å². The zero-order chi connectivity index (χ0) is 13.1. The first kappa shape index (κ1) is 12.8. The van der Waals surface area contributed by atoms with Gasteiger partial charge in [0.1, 0.15) is 5.15 Å². The van der Waals surface area contributed by atoms with E-state index in [-0.39, 0.29) is 11.8 Å². The fourth-order valence-corrected chi connectivity index (χ4v) is 2.45. The molecule has 2 rings (SSSR count). The van der Waals surface area contributed by atoms with Crippen LogP contribution in [0.5, 0.6) is 0 Å². The van der Waals surface area contributed by atoms with Gasteiger partial charge < -0.3 is 4.90 Å². The molecule has 0 saturated carbocycles. The summed E-state index contributed by atoms with van der Waals surface area (Å²) in [7, 11) is 0. The van der Waals surface area contributed by atoms with Crippen LogP contribution in [-0.4, -0.2) is 28.9 Å². The number of pyridine rings is 1. The Morgan fingerprint density at radius 2 is 2.39 bits per heavy atom. The number of carbonyl (C=O) groups is 1. The molecule has 0 N–H and O–H groups in total. The Labute approximate surface area is 111 Å². The third-order valence-corrected chi connectivity index (χ3v) is 3.25. The summed E-state index contributed by atoms with van der Waals surface area (Å²) in [5, 5.41) is 9.26. The number of likely N-dealkylation sites (tertiary alicyclic amines) is 1. The summed E-state index contributed by atoms with van der Waals surface area (Å²) in [6, 6.07) is 5.53. The third-order valence-electron chi connectivity index (χ3n) is 3.06. The van der Waals surface area contributed by atoms with E-state index in [1.807, 2.05) is 0 Å². The molecule has 1 amide bonds. The molecule has 2 heterocycles. The number of nitrogens with zero attached hydrogens (tertiary/aromatic N) is 3. The number of carbonyl (C=O) groups excluding carboxylic acids is 1. The van der Waals surface area contributed by atoms with Crippen molar-refractivity contribution in [1.82, 2.24) is 9.88 Å². The van der Waals surface area contributed by atoms with Crippen LogP contribution in [0.4, 0.5) is 0 Å². The summed E-state index contributed by atoms with van der Waals surface area (Å²) in [5.74, 6) is -0.122. The fraction of sp³-hybridized carbons (Fsp3) is 0.462. The maximum absolute atomic E-state index is 12.3. The van der Waals surface area contributed by atoms with Gasteiger partial charge in [0, 0.05) is 24.3 Å². The molecule has 0 radical (unpaired) electrons. The Balaban J connectivity index is 2.18. The van der Waals surface area contributed by atoms with Crippen molar-refractivity contribution >= 4 is 17.5 Å². The van der Waals surface area contributed by atoms with Crippen LogP contribution in [0.2, 0.25) is 5.15 Å². The van der Waals surface area contributed by atoms with E-state index in [1.54, 1.807) is 24.0 Å². The van der Waals surface area contributed by atoms with Crippen LogP contribution in [0.1, 0.15) is 28.9 Å². The van der Waals surface area contributed by atoms with E-state index in [4.69, 9.17) is 16.9 Å². The molecular weight excluding hydrogens is 250 g/mol. The highest BCUT2D eigenvalue weighted by atomic mass is 35.5. The minimum Gasteiger partial charge on any atom is -0.337 e. The smallest absolute Gasteiger partial charge is 0.254 e. The second-order valence-corrected chi connectivity index (χ2v) is 4.93. The van der Waals surface area contributed by atoms with Gasteiger partial charge in [-0.05, 0) is 31.9 Å². The van der Waals surface area contributed by atoms with Gasteiger partial charge in [-0.3, -0.25) is 4.79 Å². The summed E-state index contributed by atoms with van der Waals surface area (Å²) in [5.41, 5.74) is 1.27. The Kier molecular flexibility index (Phi) is 3.83. The molecule has 5 heteroatoms. The van der Waals surface area contributed by atoms with Crippen LogP contribution in [-0.2, 0) is 0 Å². The van der Waals surface area contributed by atoms with Crippen LogP contribution in [0.15, 0.2) is 12.1 Å². The van der Waals surface area contributed by atoms with Crippen molar-refractivity contribution in [3.8, 4) is 6.07 Å². The molecule has 1 aliphatic heterocycles. The van der Waals surface area contributed by atoms with Crippen LogP contribution < -0.4 is 0 Å². The summed E-state index contributed by atoms with van der Waals surface area (Å²) in [6.45, 7) is 3.02. The van der Waals surface area contributed by atoms with Crippen LogP contribution >= 0.6 is 11.6 Å². The second kappa shape index (κ2) is 5.36. The van der Waals surface area contributed by atoms with Crippen molar-refractivity contribution in [2.24, 2.45) is 5.92 Å². The monoisotopic (exact) mass is 263 g/mol. The Bertz CT molecular complexity index is 489. The van der Waals surface area contributed by atoms with Gasteiger partial charge in [-0.2, -0.15) is 5.26 Å². The third kappa shape index (κ3) is 2.80. The van der Waals surface area contributed by atoms with Crippen molar-refractivity contribution in [2.75, 3.05) is 13.1 Å². The number of halogens is 1. The fourth-order valence-electron chi connectivity index (χ4n) is 2.20. The molecule has 4 nitrogen and oxygen atoms in total. The molecule has 1 unspecified atom stereocenters. The van der Waals surface area contributed by atoms with E-state index in [2.05, 4.69) is 11.1 Å². The zero-order valence-corrected chi connectivity index (χ0v) is 10.9. The molecule has 1 aliphatic rings. The van der Waals surface area contributed by atoms with Crippen LogP contribution in [0, 0.1) is 24.2 Å². The van der Waals surface area contributed by atoms with Gasteiger partial charge in [0.15, 0.2) is 0 Å². The lowest BCUT2D eigenvalue weighted by atomic mass is 9.99. The average molecular weight is 264 g/mol. The largest absolute Gasteiger partial charge is 0.337 e. The number of hydrogen-bond acceptors (Lipinski definition) is 3. The van der Waals surface area contributed by atoms with Gasteiger partial charge in [0.2, 0.25) is 0 Å². The molecule has 0 aromatic carbocycles.